The summed E-state index contributed by atoms with van der Waals surface area (Å²) in [5, 5.41) is 6.65. The summed E-state index contributed by atoms with van der Waals surface area (Å²) in [6.45, 7) is 6.47. The molecule has 0 saturated heterocycles. The quantitative estimate of drug-likeness (QED) is 0.126. The van der Waals surface area contributed by atoms with E-state index in [0.717, 1.165) is 23.1 Å². The van der Waals surface area contributed by atoms with E-state index < -0.39 is 0 Å². The molecule has 2 N–H and O–H groups in total. The van der Waals surface area contributed by atoms with Crippen molar-refractivity contribution in [1.29, 1.82) is 0 Å². The van der Waals surface area contributed by atoms with Crippen LogP contribution in [-0.2, 0) is 0 Å². The first-order valence-electron chi connectivity index (χ1n) is 13.3. The van der Waals surface area contributed by atoms with Gasteiger partial charge in [0.1, 0.15) is 9.98 Å². The van der Waals surface area contributed by atoms with Gasteiger partial charge in [0, 0.05) is 13.1 Å². The molecule has 0 aliphatic rings. The highest BCUT2D eigenvalue weighted by atomic mass is 32.1. The summed E-state index contributed by atoms with van der Waals surface area (Å²) in [5.41, 5.74) is 0. The fraction of sp³-hybridized carbons (Fsp3) is 0.923. The maximum Gasteiger partial charge on any atom is 0.134 e. The van der Waals surface area contributed by atoms with Crippen molar-refractivity contribution in [3.8, 4) is 0 Å². The van der Waals surface area contributed by atoms with Crippen LogP contribution in [0.25, 0.3) is 0 Å². The third-order valence-electron chi connectivity index (χ3n) is 5.84. The Hall–Kier alpha value is -0.220. The highest BCUT2D eigenvalue weighted by molar-refractivity contribution is 7.89. The van der Waals surface area contributed by atoms with Crippen molar-refractivity contribution in [3.63, 3.8) is 0 Å². The summed E-state index contributed by atoms with van der Waals surface area (Å²) >= 11 is 10.8. The fourth-order valence-electron chi connectivity index (χ4n) is 3.79. The molecule has 178 valence electrons. The SMILES string of the molecule is CCCCCCCCCCCCNC(=S)C(=S)NCCCCCCCCCCCC. The van der Waals surface area contributed by atoms with Crippen LogP contribution in [-0.4, -0.2) is 23.1 Å². The van der Waals surface area contributed by atoms with Gasteiger partial charge in [0.2, 0.25) is 0 Å². The summed E-state index contributed by atoms with van der Waals surface area (Å²) < 4.78 is 0. The Morgan fingerprint density at radius 1 is 0.400 bits per heavy atom. The third kappa shape index (κ3) is 22.5. The van der Waals surface area contributed by atoms with Crippen LogP contribution in [0.4, 0.5) is 0 Å². The van der Waals surface area contributed by atoms with Gasteiger partial charge in [-0.15, -0.1) is 0 Å². The number of unbranched alkanes of at least 4 members (excludes halogenated alkanes) is 18. The van der Waals surface area contributed by atoms with Gasteiger partial charge in [-0.3, -0.25) is 0 Å². The van der Waals surface area contributed by atoms with Crippen LogP contribution < -0.4 is 10.6 Å². The van der Waals surface area contributed by atoms with E-state index >= 15 is 0 Å². The zero-order valence-corrected chi connectivity index (χ0v) is 22.0. The van der Waals surface area contributed by atoms with Gasteiger partial charge in [-0.05, 0) is 12.8 Å². The van der Waals surface area contributed by atoms with E-state index in [9.17, 15) is 0 Å². The normalized spacial score (nSPS) is 10.9. The number of rotatable bonds is 22. The minimum absolute atomic E-state index is 0.730. The van der Waals surface area contributed by atoms with Gasteiger partial charge < -0.3 is 10.6 Å². The third-order valence-corrected chi connectivity index (χ3v) is 6.66. The zero-order valence-electron chi connectivity index (χ0n) is 20.4. The van der Waals surface area contributed by atoms with Crippen LogP contribution in [0.3, 0.4) is 0 Å². The second-order valence-corrected chi connectivity index (χ2v) is 9.69. The largest absolute Gasteiger partial charge is 0.374 e. The molecule has 0 radical (unpaired) electrons. The lowest BCUT2D eigenvalue weighted by Gasteiger charge is -2.11. The predicted octanol–water partition coefficient (Wildman–Crippen LogP) is 8.66. The highest BCUT2D eigenvalue weighted by Crippen LogP contribution is 2.11. The predicted molar refractivity (Wildman–Crippen MR) is 145 cm³/mol. The van der Waals surface area contributed by atoms with Crippen molar-refractivity contribution < 1.29 is 0 Å². The van der Waals surface area contributed by atoms with Gasteiger partial charge in [-0.1, -0.05) is 154 Å². The van der Waals surface area contributed by atoms with Crippen LogP contribution in [0, 0.1) is 0 Å². The maximum absolute atomic E-state index is 5.41. The van der Waals surface area contributed by atoms with Crippen molar-refractivity contribution in [2.45, 2.75) is 142 Å². The van der Waals surface area contributed by atoms with Gasteiger partial charge in [0.15, 0.2) is 0 Å². The number of hydrogen-bond donors (Lipinski definition) is 2. The molecule has 0 aromatic heterocycles. The Labute approximate surface area is 200 Å². The second kappa shape index (κ2) is 25.0. The molecule has 0 fully saturated rings. The molecule has 30 heavy (non-hydrogen) atoms. The summed E-state index contributed by atoms with van der Waals surface area (Å²) in [5.74, 6) is 0. The molecule has 0 unspecified atom stereocenters. The van der Waals surface area contributed by atoms with Crippen molar-refractivity contribution in [3.05, 3.63) is 0 Å². The van der Waals surface area contributed by atoms with Gasteiger partial charge in [-0.2, -0.15) is 0 Å². The van der Waals surface area contributed by atoms with E-state index in [1.165, 1.54) is 128 Å². The minimum atomic E-state index is 0.730. The van der Waals surface area contributed by atoms with Crippen molar-refractivity contribution in [1.82, 2.24) is 10.6 Å². The molecule has 0 aromatic carbocycles. The van der Waals surface area contributed by atoms with Crippen LogP contribution in [0.15, 0.2) is 0 Å². The molecule has 2 nitrogen and oxygen atoms in total. The Kier molecular flexibility index (Phi) is 24.9. The monoisotopic (exact) mass is 456 g/mol. The van der Waals surface area contributed by atoms with Gasteiger partial charge >= 0.3 is 0 Å². The lowest BCUT2D eigenvalue weighted by molar-refractivity contribution is 0.554. The smallest absolute Gasteiger partial charge is 0.134 e. The Bertz CT molecular complexity index is 349. The summed E-state index contributed by atoms with van der Waals surface area (Å²) in [7, 11) is 0. The van der Waals surface area contributed by atoms with E-state index in [0.29, 0.717) is 0 Å². The van der Waals surface area contributed by atoms with Gasteiger partial charge in [0.25, 0.3) is 0 Å². The summed E-state index contributed by atoms with van der Waals surface area (Å²) in [4.78, 5) is 1.46. The second-order valence-electron chi connectivity index (χ2n) is 8.88. The average molecular weight is 457 g/mol. The molecular weight excluding hydrogens is 404 g/mol. The van der Waals surface area contributed by atoms with Crippen molar-refractivity contribution >= 4 is 34.4 Å². The molecule has 0 spiro atoms. The van der Waals surface area contributed by atoms with E-state index in [-0.39, 0.29) is 0 Å². The molecular formula is C26H52N2S2. The Balaban J connectivity index is 3.32. The molecule has 0 heterocycles. The number of thiocarbonyl (C=S) groups is 2. The van der Waals surface area contributed by atoms with Gasteiger partial charge in [0.05, 0.1) is 0 Å². The molecule has 0 amide bonds. The Morgan fingerprint density at radius 2 is 0.633 bits per heavy atom. The Morgan fingerprint density at radius 3 is 0.900 bits per heavy atom. The summed E-state index contributed by atoms with van der Waals surface area (Å²) in [6.07, 6.45) is 27.3. The summed E-state index contributed by atoms with van der Waals surface area (Å²) in [6, 6.07) is 0. The lowest BCUT2D eigenvalue weighted by atomic mass is 10.1. The molecule has 0 bridgehead atoms. The van der Waals surface area contributed by atoms with Crippen LogP contribution >= 0.6 is 24.4 Å². The van der Waals surface area contributed by atoms with E-state index in [1.54, 1.807) is 0 Å². The van der Waals surface area contributed by atoms with Gasteiger partial charge in [-0.25, -0.2) is 0 Å². The first kappa shape index (κ1) is 29.8. The molecule has 0 aromatic rings. The van der Waals surface area contributed by atoms with E-state index in [4.69, 9.17) is 24.4 Å². The van der Waals surface area contributed by atoms with Crippen LogP contribution in [0.5, 0.6) is 0 Å². The average Bonchev–Trinajstić information content (AvgIpc) is 2.75. The van der Waals surface area contributed by atoms with E-state index in [2.05, 4.69) is 24.5 Å². The fourth-order valence-corrected chi connectivity index (χ4v) is 4.14. The molecule has 0 aliphatic carbocycles. The minimum Gasteiger partial charge on any atom is -0.374 e. The molecule has 0 atom stereocenters. The highest BCUT2D eigenvalue weighted by Gasteiger charge is 2.03. The molecule has 0 aliphatic heterocycles. The zero-order chi connectivity index (χ0) is 22.1. The number of hydrogen-bond acceptors (Lipinski definition) is 2. The molecule has 4 heteroatoms. The molecule has 0 saturated carbocycles. The van der Waals surface area contributed by atoms with E-state index in [1.807, 2.05) is 0 Å². The van der Waals surface area contributed by atoms with Crippen molar-refractivity contribution in [2.24, 2.45) is 0 Å². The number of nitrogens with one attached hydrogen (secondary N) is 2. The first-order valence-corrected chi connectivity index (χ1v) is 14.1. The topological polar surface area (TPSA) is 24.1 Å². The van der Waals surface area contributed by atoms with Crippen LogP contribution in [0.1, 0.15) is 142 Å². The maximum atomic E-state index is 5.41. The standard InChI is InChI=1S/C26H52N2S2/c1-3-5-7-9-11-13-15-17-19-21-23-27-25(29)26(30)28-24-22-20-18-16-14-12-10-8-6-4-2/h3-24H2,1-2H3,(H,27,29)(H,28,30). The molecule has 0 rings (SSSR count). The first-order chi connectivity index (χ1) is 14.7. The lowest BCUT2D eigenvalue weighted by Crippen LogP contribution is -2.38. The van der Waals surface area contributed by atoms with Crippen molar-refractivity contribution in [2.75, 3.05) is 13.1 Å². The van der Waals surface area contributed by atoms with Crippen LogP contribution in [0.2, 0.25) is 0 Å².